The number of nitrogens with zero attached hydrogens (tertiary/aromatic N) is 5. The first-order chi connectivity index (χ1) is 12.4. The van der Waals surface area contributed by atoms with Crippen LogP contribution in [0.2, 0.25) is 5.02 Å². The summed E-state index contributed by atoms with van der Waals surface area (Å²) < 4.78 is 32.0. The lowest BCUT2D eigenvalue weighted by Gasteiger charge is -2.13. The van der Waals surface area contributed by atoms with Crippen molar-refractivity contribution in [2.45, 2.75) is 32.7 Å². The van der Waals surface area contributed by atoms with Crippen molar-refractivity contribution in [3.05, 3.63) is 35.4 Å². The predicted molar refractivity (Wildman–Crippen MR) is 96.1 cm³/mol. The molecule has 3 heterocycles. The van der Waals surface area contributed by atoms with Crippen LogP contribution in [0.25, 0.3) is 11.3 Å². The number of anilines is 2. The molecule has 0 radical (unpaired) electrons. The molecule has 10 heteroatoms. The second kappa shape index (κ2) is 6.55. The SMILES string of the molecule is Cc1cc(Nc2ncc(Cl)c(-c3cnn(CC4(C(F)F)CC4)c3)n2)sn1. The summed E-state index contributed by atoms with van der Waals surface area (Å²) in [6, 6.07) is 1.89. The Kier molecular flexibility index (Phi) is 4.36. The highest BCUT2D eigenvalue weighted by Gasteiger charge is 2.51. The molecular weight excluding hydrogens is 382 g/mol. The zero-order valence-electron chi connectivity index (χ0n) is 13.8. The molecule has 3 aromatic rings. The lowest BCUT2D eigenvalue weighted by atomic mass is 10.1. The minimum Gasteiger partial charge on any atom is -0.314 e. The van der Waals surface area contributed by atoms with Gasteiger partial charge in [-0.1, -0.05) is 11.6 Å². The number of rotatable bonds is 6. The molecule has 0 bridgehead atoms. The molecule has 0 spiro atoms. The second-order valence-electron chi connectivity index (χ2n) is 6.44. The zero-order chi connectivity index (χ0) is 18.3. The maximum Gasteiger partial charge on any atom is 0.245 e. The van der Waals surface area contributed by atoms with E-state index in [1.54, 1.807) is 12.4 Å². The summed E-state index contributed by atoms with van der Waals surface area (Å²) in [5.74, 6) is 0.382. The van der Waals surface area contributed by atoms with Gasteiger partial charge >= 0.3 is 0 Å². The largest absolute Gasteiger partial charge is 0.314 e. The van der Waals surface area contributed by atoms with Gasteiger partial charge in [-0.2, -0.15) is 9.47 Å². The van der Waals surface area contributed by atoms with Crippen LogP contribution in [0, 0.1) is 12.3 Å². The number of alkyl halides is 2. The number of hydrogen-bond donors (Lipinski definition) is 1. The first kappa shape index (κ1) is 17.3. The highest BCUT2D eigenvalue weighted by atomic mass is 35.5. The Morgan fingerprint density at radius 2 is 2.19 bits per heavy atom. The minimum absolute atomic E-state index is 0.193. The highest BCUT2D eigenvalue weighted by Crippen LogP contribution is 2.52. The Bertz CT molecular complexity index is 936. The molecule has 4 rings (SSSR count). The molecular formula is C16H15ClF2N6S. The maximum atomic E-state index is 13.1. The van der Waals surface area contributed by atoms with Gasteiger partial charge in [-0.3, -0.25) is 4.68 Å². The molecule has 3 aromatic heterocycles. The molecule has 0 amide bonds. The van der Waals surface area contributed by atoms with E-state index in [0.717, 1.165) is 10.7 Å². The molecule has 0 unspecified atom stereocenters. The van der Waals surface area contributed by atoms with Gasteiger partial charge in [0, 0.05) is 11.8 Å². The molecule has 1 aliphatic rings. The molecule has 0 saturated heterocycles. The van der Waals surface area contributed by atoms with E-state index in [1.165, 1.54) is 22.4 Å². The van der Waals surface area contributed by atoms with Gasteiger partial charge in [0.25, 0.3) is 0 Å². The van der Waals surface area contributed by atoms with Crippen molar-refractivity contribution >= 4 is 34.1 Å². The summed E-state index contributed by atoms with van der Waals surface area (Å²) in [6.07, 6.45) is 3.48. The van der Waals surface area contributed by atoms with E-state index >= 15 is 0 Å². The fraction of sp³-hybridized carbons (Fsp3) is 0.375. The standard InChI is InChI=1S/C16H15ClF2N6S/c1-9-4-12(26-24-9)22-15-20-6-11(17)13(23-15)10-5-21-25(7-10)8-16(2-3-16)14(18)19/h4-7,14H,2-3,8H2,1H3,(H,20,22,23). The van der Waals surface area contributed by atoms with Gasteiger partial charge < -0.3 is 5.32 Å². The van der Waals surface area contributed by atoms with Gasteiger partial charge in [0.2, 0.25) is 12.4 Å². The molecule has 26 heavy (non-hydrogen) atoms. The van der Waals surface area contributed by atoms with E-state index in [1.807, 2.05) is 13.0 Å². The summed E-state index contributed by atoms with van der Waals surface area (Å²) in [5, 5.41) is 8.46. The molecule has 1 saturated carbocycles. The number of nitrogens with one attached hydrogen (secondary N) is 1. The highest BCUT2D eigenvalue weighted by molar-refractivity contribution is 7.10. The van der Waals surface area contributed by atoms with Crippen LogP contribution < -0.4 is 5.32 Å². The Hall–Kier alpha value is -2.13. The van der Waals surface area contributed by atoms with Crippen molar-refractivity contribution in [2.24, 2.45) is 5.41 Å². The Balaban J connectivity index is 1.56. The summed E-state index contributed by atoms with van der Waals surface area (Å²) in [4.78, 5) is 8.60. The van der Waals surface area contributed by atoms with Gasteiger partial charge in [0.1, 0.15) is 5.00 Å². The fourth-order valence-electron chi connectivity index (χ4n) is 2.66. The summed E-state index contributed by atoms with van der Waals surface area (Å²) in [6.45, 7) is 2.09. The first-order valence-electron chi connectivity index (χ1n) is 7.99. The monoisotopic (exact) mass is 396 g/mol. The Morgan fingerprint density at radius 3 is 2.85 bits per heavy atom. The average Bonchev–Trinajstić information content (AvgIpc) is 3.05. The zero-order valence-corrected chi connectivity index (χ0v) is 15.4. The molecule has 0 aliphatic heterocycles. The Morgan fingerprint density at radius 1 is 1.38 bits per heavy atom. The number of aryl methyl sites for hydroxylation is 1. The quantitative estimate of drug-likeness (QED) is 0.662. The van der Waals surface area contributed by atoms with Gasteiger partial charge in [-0.05, 0) is 37.4 Å². The van der Waals surface area contributed by atoms with E-state index in [9.17, 15) is 8.78 Å². The molecule has 0 atom stereocenters. The second-order valence-corrected chi connectivity index (χ2v) is 7.65. The van der Waals surface area contributed by atoms with Crippen molar-refractivity contribution < 1.29 is 8.78 Å². The van der Waals surface area contributed by atoms with Crippen LogP contribution in [-0.4, -0.2) is 30.5 Å². The topological polar surface area (TPSA) is 68.5 Å². The van der Waals surface area contributed by atoms with Crippen LogP contribution >= 0.6 is 23.1 Å². The molecule has 1 N–H and O–H groups in total. The average molecular weight is 397 g/mol. The van der Waals surface area contributed by atoms with Crippen molar-refractivity contribution in [2.75, 3.05) is 5.32 Å². The normalized spacial score (nSPS) is 15.4. The van der Waals surface area contributed by atoms with Crippen LogP contribution in [0.15, 0.2) is 24.7 Å². The van der Waals surface area contributed by atoms with Crippen molar-refractivity contribution in [3.8, 4) is 11.3 Å². The number of hydrogen-bond acceptors (Lipinski definition) is 6. The molecule has 0 aromatic carbocycles. The van der Waals surface area contributed by atoms with Crippen LogP contribution in [0.3, 0.4) is 0 Å². The first-order valence-corrected chi connectivity index (χ1v) is 9.14. The lowest BCUT2D eigenvalue weighted by Crippen LogP contribution is -2.20. The van der Waals surface area contributed by atoms with E-state index in [4.69, 9.17) is 11.6 Å². The van der Waals surface area contributed by atoms with Crippen molar-refractivity contribution in [1.29, 1.82) is 0 Å². The fourth-order valence-corrected chi connectivity index (χ4v) is 3.52. The van der Waals surface area contributed by atoms with E-state index < -0.39 is 11.8 Å². The third kappa shape index (κ3) is 3.41. The van der Waals surface area contributed by atoms with Crippen molar-refractivity contribution in [3.63, 3.8) is 0 Å². The van der Waals surface area contributed by atoms with E-state index in [-0.39, 0.29) is 6.54 Å². The molecule has 6 nitrogen and oxygen atoms in total. The van der Waals surface area contributed by atoms with Crippen molar-refractivity contribution in [1.82, 2.24) is 24.1 Å². The van der Waals surface area contributed by atoms with Crippen LogP contribution in [-0.2, 0) is 6.54 Å². The number of halogens is 3. The summed E-state index contributed by atoms with van der Waals surface area (Å²) in [5.41, 5.74) is 1.13. The minimum atomic E-state index is -2.34. The molecule has 1 fully saturated rings. The third-order valence-corrected chi connectivity index (χ3v) is 5.42. The smallest absolute Gasteiger partial charge is 0.245 e. The summed E-state index contributed by atoms with van der Waals surface area (Å²) >= 11 is 7.53. The van der Waals surface area contributed by atoms with E-state index in [2.05, 4.69) is 24.8 Å². The molecule has 136 valence electrons. The van der Waals surface area contributed by atoms with Gasteiger partial charge in [-0.25, -0.2) is 18.7 Å². The summed E-state index contributed by atoms with van der Waals surface area (Å²) in [7, 11) is 0. The third-order valence-electron chi connectivity index (χ3n) is 4.35. The van der Waals surface area contributed by atoms with Gasteiger partial charge in [-0.15, -0.1) is 0 Å². The molecule has 1 aliphatic carbocycles. The lowest BCUT2D eigenvalue weighted by molar-refractivity contribution is 0.0491. The van der Waals surface area contributed by atoms with Crippen LogP contribution in [0.5, 0.6) is 0 Å². The maximum absolute atomic E-state index is 13.1. The van der Waals surface area contributed by atoms with Gasteiger partial charge in [0.15, 0.2) is 0 Å². The predicted octanol–water partition coefficient (Wildman–Crippen LogP) is 4.55. The van der Waals surface area contributed by atoms with Gasteiger partial charge in [0.05, 0.1) is 40.8 Å². The number of aromatic nitrogens is 5. The van der Waals surface area contributed by atoms with Crippen LogP contribution in [0.4, 0.5) is 19.7 Å². The Labute approximate surface area is 157 Å². The van der Waals surface area contributed by atoms with E-state index in [0.29, 0.717) is 35.1 Å². The van der Waals surface area contributed by atoms with Crippen LogP contribution in [0.1, 0.15) is 18.5 Å².